The number of amides is 1. The zero-order valence-electron chi connectivity index (χ0n) is 13.9. The number of fused-ring (bicyclic) bond motifs is 2. The second-order valence-corrected chi connectivity index (χ2v) is 6.19. The molecule has 0 saturated carbocycles. The summed E-state index contributed by atoms with van der Waals surface area (Å²) in [6.45, 7) is 3.67. The van der Waals surface area contributed by atoms with Crippen molar-refractivity contribution in [1.29, 1.82) is 0 Å². The number of furan rings is 1. The number of hydrogen-bond acceptors (Lipinski definition) is 3. The Morgan fingerprint density at radius 2 is 2.21 bits per heavy atom. The molecule has 5 heteroatoms. The lowest BCUT2D eigenvalue weighted by Crippen LogP contribution is -2.41. The zero-order valence-corrected chi connectivity index (χ0v) is 13.9. The number of rotatable bonds is 3. The normalized spacial score (nSPS) is 17.1. The maximum absolute atomic E-state index is 12.8. The van der Waals surface area contributed by atoms with Crippen LogP contribution in [0.5, 0.6) is 5.75 Å². The van der Waals surface area contributed by atoms with Gasteiger partial charge in [0.1, 0.15) is 11.3 Å². The monoisotopic (exact) mass is 324 g/mol. The quantitative estimate of drug-likeness (QED) is 0.742. The molecule has 3 heterocycles. The molecule has 2 aromatic heterocycles. The number of carbonyl (C=O) groups excluding carboxylic acids is 1. The van der Waals surface area contributed by atoms with Gasteiger partial charge in [-0.2, -0.15) is 0 Å². The van der Waals surface area contributed by atoms with Crippen LogP contribution in [-0.2, 0) is 17.8 Å². The SMILES string of the molecule is COc1ccc2c(CC(=O)N3CCn4cccc4[C@H]3C)coc2c1. The Hall–Kier alpha value is -2.69. The van der Waals surface area contributed by atoms with Crippen LogP contribution >= 0.6 is 0 Å². The summed E-state index contributed by atoms with van der Waals surface area (Å²) in [5.41, 5.74) is 2.86. The van der Waals surface area contributed by atoms with Crippen molar-refractivity contribution in [1.82, 2.24) is 9.47 Å². The first kappa shape index (κ1) is 14.9. The third-order valence-electron chi connectivity index (χ3n) is 4.87. The van der Waals surface area contributed by atoms with E-state index in [4.69, 9.17) is 9.15 Å². The molecule has 3 aromatic rings. The molecule has 1 aliphatic rings. The van der Waals surface area contributed by atoms with E-state index in [0.717, 1.165) is 35.4 Å². The van der Waals surface area contributed by atoms with Gasteiger partial charge in [0.05, 0.1) is 25.8 Å². The molecular formula is C19H20N2O3. The molecule has 124 valence electrons. The predicted octanol–water partition coefficient (Wildman–Crippen LogP) is 3.39. The predicted molar refractivity (Wildman–Crippen MR) is 91.0 cm³/mol. The van der Waals surface area contributed by atoms with Gasteiger partial charge in [0, 0.05) is 42.0 Å². The van der Waals surface area contributed by atoms with Crippen LogP contribution in [0.2, 0.25) is 0 Å². The van der Waals surface area contributed by atoms with E-state index in [0.29, 0.717) is 6.42 Å². The first-order valence-corrected chi connectivity index (χ1v) is 8.16. The highest BCUT2D eigenvalue weighted by Gasteiger charge is 2.27. The van der Waals surface area contributed by atoms with E-state index >= 15 is 0 Å². The van der Waals surface area contributed by atoms with Gasteiger partial charge >= 0.3 is 0 Å². The molecular weight excluding hydrogens is 304 g/mol. The lowest BCUT2D eigenvalue weighted by molar-refractivity contribution is -0.133. The Balaban J connectivity index is 1.56. The topological polar surface area (TPSA) is 47.6 Å². The molecule has 1 aliphatic heterocycles. The molecule has 0 radical (unpaired) electrons. The average molecular weight is 324 g/mol. The average Bonchev–Trinajstić information content (AvgIpc) is 3.22. The van der Waals surface area contributed by atoms with E-state index < -0.39 is 0 Å². The number of nitrogens with zero attached hydrogens (tertiary/aromatic N) is 2. The van der Waals surface area contributed by atoms with E-state index in [1.54, 1.807) is 13.4 Å². The Morgan fingerprint density at radius 1 is 1.33 bits per heavy atom. The molecule has 0 N–H and O–H groups in total. The molecule has 0 bridgehead atoms. The number of hydrogen-bond donors (Lipinski definition) is 0. The van der Waals surface area contributed by atoms with Gasteiger partial charge in [0.2, 0.25) is 5.91 Å². The van der Waals surface area contributed by atoms with Crippen molar-refractivity contribution in [3.63, 3.8) is 0 Å². The van der Waals surface area contributed by atoms with Gasteiger partial charge in [-0.05, 0) is 31.2 Å². The Bertz CT molecular complexity index is 893. The number of benzene rings is 1. The third kappa shape index (κ3) is 2.37. The molecule has 1 amide bonds. The van der Waals surface area contributed by atoms with Crippen LogP contribution in [0.4, 0.5) is 0 Å². The van der Waals surface area contributed by atoms with Gasteiger partial charge < -0.3 is 18.6 Å². The Morgan fingerprint density at radius 3 is 3.04 bits per heavy atom. The summed E-state index contributed by atoms with van der Waals surface area (Å²) in [6.07, 6.45) is 4.11. The molecule has 4 rings (SSSR count). The molecule has 1 atom stereocenters. The van der Waals surface area contributed by atoms with Gasteiger partial charge in [-0.15, -0.1) is 0 Å². The second kappa shape index (κ2) is 5.74. The summed E-state index contributed by atoms with van der Waals surface area (Å²) in [5.74, 6) is 0.883. The fraction of sp³-hybridized carbons (Fsp3) is 0.316. The molecule has 0 unspecified atom stereocenters. The fourth-order valence-corrected chi connectivity index (χ4v) is 3.51. The smallest absolute Gasteiger partial charge is 0.227 e. The van der Waals surface area contributed by atoms with Crippen LogP contribution in [0.15, 0.2) is 47.2 Å². The molecule has 0 spiro atoms. The van der Waals surface area contributed by atoms with Crippen molar-refractivity contribution in [3.05, 3.63) is 54.0 Å². The minimum atomic E-state index is 0.0968. The lowest BCUT2D eigenvalue weighted by Gasteiger charge is -2.35. The van der Waals surface area contributed by atoms with Crippen LogP contribution in [-0.4, -0.2) is 29.0 Å². The van der Waals surface area contributed by atoms with Crippen LogP contribution in [0.1, 0.15) is 24.2 Å². The van der Waals surface area contributed by atoms with E-state index in [9.17, 15) is 4.79 Å². The van der Waals surface area contributed by atoms with E-state index in [-0.39, 0.29) is 11.9 Å². The van der Waals surface area contributed by atoms with E-state index in [2.05, 4.69) is 23.8 Å². The van der Waals surface area contributed by atoms with Crippen LogP contribution in [0, 0.1) is 0 Å². The minimum absolute atomic E-state index is 0.0968. The third-order valence-corrected chi connectivity index (χ3v) is 4.87. The van der Waals surface area contributed by atoms with Gasteiger partial charge in [-0.25, -0.2) is 0 Å². The highest BCUT2D eigenvalue weighted by molar-refractivity contribution is 5.88. The maximum atomic E-state index is 12.8. The summed E-state index contributed by atoms with van der Waals surface area (Å²) in [6, 6.07) is 9.91. The fourth-order valence-electron chi connectivity index (χ4n) is 3.51. The van der Waals surface area contributed by atoms with E-state index in [1.807, 2.05) is 29.2 Å². The second-order valence-electron chi connectivity index (χ2n) is 6.19. The molecule has 0 aliphatic carbocycles. The van der Waals surface area contributed by atoms with E-state index in [1.165, 1.54) is 5.69 Å². The van der Waals surface area contributed by atoms with Crippen LogP contribution < -0.4 is 4.74 Å². The van der Waals surface area contributed by atoms with Crippen molar-refractivity contribution in [2.24, 2.45) is 0 Å². The Labute approximate surface area is 140 Å². The summed E-state index contributed by atoms with van der Waals surface area (Å²) < 4.78 is 13.0. The molecule has 0 fully saturated rings. The summed E-state index contributed by atoms with van der Waals surface area (Å²) in [5, 5.41) is 0.970. The number of ether oxygens (including phenoxy) is 1. The zero-order chi connectivity index (χ0) is 16.7. The largest absolute Gasteiger partial charge is 0.497 e. The molecule has 5 nitrogen and oxygen atoms in total. The summed E-state index contributed by atoms with van der Waals surface area (Å²) in [7, 11) is 1.63. The van der Waals surface area contributed by atoms with Crippen molar-refractivity contribution in [3.8, 4) is 5.75 Å². The number of aromatic nitrogens is 1. The summed E-state index contributed by atoms with van der Waals surface area (Å²) in [4.78, 5) is 14.8. The molecule has 24 heavy (non-hydrogen) atoms. The standard InChI is InChI=1S/C19H20N2O3/c1-13-17-4-3-7-20(17)8-9-21(13)19(22)10-14-12-24-18-11-15(23-2)5-6-16(14)18/h3-7,11-13H,8-10H2,1-2H3/t13-/m1/s1. The van der Waals surface area contributed by atoms with Crippen LogP contribution in [0.3, 0.4) is 0 Å². The van der Waals surface area contributed by atoms with Gasteiger partial charge in [0.25, 0.3) is 0 Å². The van der Waals surface area contributed by atoms with Crippen molar-refractivity contribution in [2.45, 2.75) is 25.9 Å². The summed E-state index contributed by atoms with van der Waals surface area (Å²) >= 11 is 0. The number of carbonyl (C=O) groups is 1. The van der Waals surface area contributed by atoms with Crippen molar-refractivity contribution in [2.75, 3.05) is 13.7 Å². The number of methoxy groups -OCH3 is 1. The van der Waals surface area contributed by atoms with Crippen molar-refractivity contribution >= 4 is 16.9 Å². The first-order chi connectivity index (χ1) is 11.7. The lowest BCUT2D eigenvalue weighted by atomic mass is 10.1. The van der Waals surface area contributed by atoms with Crippen molar-refractivity contribution < 1.29 is 13.9 Å². The first-order valence-electron chi connectivity index (χ1n) is 8.16. The highest BCUT2D eigenvalue weighted by Crippen LogP contribution is 2.29. The van der Waals surface area contributed by atoms with Gasteiger partial charge in [-0.1, -0.05) is 0 Å². The molecule has 0 saturated heterocycles. The molecule has 1 aromatic carbocycles. The minimum Gasteiger partial charge on any atom is -0.497 e. The maximum Gasteiger partial charge on any atom is 0.227 e. The Kier molecular flexibility index (Phi) is 3.56. The highest BCUT2D eigenvalue weighted by atomic mass is 16.5. The van der Waals surface area contributed by atoms with Gasteiger partial charge in [0.15, 0.2) is 0 Å². The van der Waals surface area contributed by atoms with Crippen LogP contribution in [0.25, 0.3) is 11.0 Å². The van der Waals surface area contributed by atoms with Gasteiger partial charge in [-0.3, -0.25) is 4.79 Å².